The van der Waals surface area contributed by atoms with Crippen molar-refractivity contribution in [3.8, 4) is 0 Å². The molecule has 0 saturated heterocycles. The average molecular weight is 441 g/mol. The van der Waals surface area contributed by atoms with E-state index >= 15 is 0 Å². The predicted octanol–water partition coefficient (Wildman–Crippen LogP) is 2.58. The van der Waals surface area contributed by atoms with Crippen molar-refractivity contribution in [2.75, 3.05) is 21.8 Å². The van der Waals surface area contributed by atoms with Gasteiger partial charge in [-0.3, -0.25) is 9.59 Å². The van der Waals surface area contributed by atoms with Crippen molar-refractivity contribution in [3.05, 3.63) is 65.7 Å². The van der Waals surface area contributed by atoms with E-state index in [1.807, 2.05) is 13.0 Å². The second-order valence-electron chi connectivity index (χ2n) is 7.21. The molecular formula is C21H21FN6O2S. The van der Waals surface area contributed by atoms with E-state index in [0.717, 1.165) is 11.8 Å². The first-order valence-corrected chi connectivity index (χ1v) is 10.7. The van der Waals surface area contributed by atoms with Crippen LogP contribution in [0.3, 0.4) is 0 Å². The van der Waals surface area contributed by atoms with Gasteiger partial charge in [-0.05, 0) is 30.7 Å². The van der Waals surface area contributed by atoms with Crippen LogP contribution in [-0.2, 0) is 16.0 Å². The Balaban J connectivity index is 1.48. The number of carbonyl (C=O) groups is 2. The number of nitrogens with zero attached hydrogens (tertiary/aromatic N) is 4. The minimum absolute atomic E-state index is 0.0574. The van der Waals surface area contributed by atoms with Crippen LogP contribution < -0.4 is 16.1 Å². The number of hydrogen-bond donors (Lipinski definition) is 2. The number of carbonyl (C=O) groups excluding carboxylic acids is 2. The molecule has 1 aliphatic rings. The summed E-state index contributed by atoms with van der Waals surface area (Å²) in [5.41, 5.74) is 1.71. The second kappa shape index (κ2) is 8.76. The summed E-state index contributed by atoms with van der Waals surface area (Å²) in [5, 5.41) is 11.3. The summed E-state index contributed by atoms with van der Waals surface area (Å²) in [5.74, 6) is 5.87. The summed E-state index contributed by atoms with van der Waals surface area (Å²) in [7, 11) is 0. The molecule has 10 heteroatoms. The summed E-state index contributed by atoms with van der Waals surface area (Å²) >= 11 is 1.14. The van der Waals surface area contributed by atoms with Gasteiger partial charge in [0.05, 0.1) is 17.1 Å². The van der Waals surface area contributed by atoms with Crippen LogP contribution in [0.2, 0.25) is 0 Å². The highest BCUT2D eigenvalue weighted by Gasteiger charge is 2.29. The predicted molar refractivity (Wildman–Crippen MR) is 117 cm³/mol. The number of nitrogens with one attached hydrogen (secondary N) is 1. The largest absolute Gasteiger partial charge is 0.336 e. The van der Waals surface area contributed by atoms with E-state index in [2.05, 4.69) is 15.5 Å². The fourth-order valence-electron chi connectivity index (χ4n) is 3.50. The zero-order valence-corrected chi connectivity index (χ0v) is 17.6. The topological polar surface area (TPSA) is 106 Å². The summed E-state index contributed by atoms with van der Waals surface area (Å²) in [6.45, 7) is 1.84. The maximum Gasteiger partial charge on any atom is 0.237 e. The Bertz CT molecular complexity index is 1130. The lowest BCUT2D eigenvalue weighted by atomic mass is 10.1. The maximum atomic E-state index is 13.9. The molecule has 1 aromatic heterocycles. The van der Waals surface area contributed by atoms with Gasteiger partial charge in [-0.1, -0.05) is 42.1 Å². The van der Waals surface area contributed by atoms with E-state index in [9.17, 15) is 14.0 Å². The molecule has 8 nitrogen and oxygen atoms in total. The van der Waals surface area contributed by atoms with Crippen LogP contribution in [0.25, 0.3) is 0 Å². The van der Waals surface area contributed by atoms with Crippen LogP contribution in [0.1, 0.15) is 24.7 Å². The number of hydrogen-bond acceptors (Lipinski definition) is 6. The summed E-state index contributed by atoms with van der Waals surface area (Å²) in [6, 6.07) is 13.3. The molecule has 0 saturated carbocycles. The first kappa shape index (κ1) is 20.9. The molecule has 2 aromatic carbocycles. The molecule has 31 heavy (non-hydrogen) atoms. The lowest BCUT2D eigenvalue weighted by Crippen LogP contribution is -2.40. The number of rotatable bonds is 5. The molecule has 0 bridgehead atoms. The van der Waals surface area contributed by atoms with Crippen LogP contribution in [0.4, 0.5) is 15.8 Å². The molecule has 0 spiro atoms. The van der Waals surface area contributed by atoms with Crippen LogP contribution in [0, 0.1) is 5.82 Å². The number of benzene rings is 2. The lowest BCUT2D eigenvalue weighted by Gasteiger charge is -2.27. The van der Waals surface area contributed by atoms with Gasteiger partial charge in [0.15, 0.2) is 5.82 Å². The first-order chi connectivity index (χ1) is 14.9. The minimum Gasteiger partial charge on any atom is -0.336 e. The Morgan fingerprint density at radius 1 is 1.23 bits per heavy atom. The standard InChI is InChI=1S/C21H21FN6O2S/c1-13-10-19(29)24-16-8-4-5-9-17(16)27(13)20(30)12-31-21-26-25-18(28(21)23)11-14-6-2-3-7-15(14)22/h2-9,13H,10-12,23H2,1H3,(H,24,29)/t13-/m1/s1. The SMILES string of the molecule is C[C@@H]1CC(=O)Nc2ccccc2N1C(=O)CSc1nnc(Cc2ccccc2F)n1N. The van der Waals surface area contributed by atoms with E-state index < -0.39 is 0 Å². The van der Waals surface area contributed by atoms with Crippen molar-refractivity contribution in [2.45, 2.75) is 31.0 Å². The quantitative estimate of drug-likeness (QED) is 0.467. The fraction of sp³-hybridized carbons (Fsp3) is 0.238. The molecule has 2 heterocycles. The summed E-state index contributed by atoms with van der Waals surface area (Å²) < 4.78 is 15.2. The fourth-order valence-corrected chi connectivity index (χ4v) is 4.24. The highest BCUT2D eigenvalue weighted by Crippen LogP contribution is 2.32. The first-order valence-electron chi connectivity index (χ1n) is 9.70. The molecule has 1 atom stereocenters. The minimum atomic E-state index is -0.341. The Morgan fingerprint density at radius 3 is 2.77 bits per heavy atom. The van der Waals surface area contributed by atoms with E-state index in [-0.39, 0.29) is 42.3 Å². The number of para-hydroxylation sites is 2. The molecular weight excluding hydrogens is 419 g/mol. The van der Waals surface area contributed by atoms with Crippen molar-refractivity contribution in [1.82, 2.24) is 14.9 Å². The van der Waals surface area contributed by atoms with Crippen molar-refractivity contribution >= 4 is 35.0 Å². The molecule has 1 aliphatic heterocycles. The van der Waals surface area contributed by atoms with Gasteiger partial charge in [0.2, 0.25) is 17.0 Å². The van der Waals surface area contributed by atoms with Gasteiger partial charge in [-0.25, -0.2) is 9.07 Å². The maximum absolute atomic E-state index is 13.9. The van der Waals surface area contributed by atoms with Gasteiger partial charge in [0.1, 0.15) is 5.82 Å². The number of thioether (sulfide) groups is 1. The van der Waals surface area contributed by atoms with Crippen molar-refractivity contribution in [3.63, 3.8) is 0 Å². The van der Waals surface area contributed by atoms with Gasteiger partial charge >= 0.3 is 0 Å². The van der Waals surface area contributed by atoms with Crippen molar-refractivity contribution in [1.29, 1.82) is 0 Å². The molecule has 0 aliphatic carbocycles. The highest BCUT2D eigenvalue weighted by molar-refractivity contribution is 7.99. The van der Waals surface area contributed by atoms with Crippen LogP contribution in [0.15, 0.2) is 53.7 Å². The zero-order valence-electron chi connectivity index (χ0n) is 16.8. The Kier molecular flexibility index (Phi) is 5.90. The molecule has 160 valence electrons. The third-order valence-electron chi connectivity index (χ3n) is 4.99. The van der Waals surface area contributed by atoms with Gasteiger partial charge in [0.25, 0.3) is 0 Å². The summed E-state index contributed by atoms with van der Waals surface area (Å²) in [4.78, 5) is 26.8. The number of nitrogen functional groups attached to an aromatic ring is 1. The Hall–Kier alpha value is -3.40. The number of nitrogens with two attached hydrogens (primary N) is 1. The van der Waals surface area contributed by atoms with Gasteiger partial charge in [-0.2, -0.15) is 0 Å². The molecule has 3 N–H and O–H groups in total. The lowest BCUT2D eigenvalue weighted by molar-refractivity contribution is -0.117. The Labute approximate surface area is 182 Å². The normalized spacial score (nSPS) is 15.9. The third-order valence-corrected chi connectivity index (χ3v) is 5.92. The Morgan fingerprint density at radius 2 is 1.97 bits per heavy atom. The second-order valence-corrected chi connectivity index (χ2v) is 8.15. The van der Waals surface area contributed by atoms with Crippen molar-refractivity contribution in [2.24, 2.45) is 0 Å². The van der Waals surface area contributed by atoms with Crippen molar-refractivity contribution < 1.29 is 14.0 Å². The molecule has 0 fully saturated rings. The molecule has 3 aromatic rings. The van der Waals surface area contributed by atoms with Gasteiger partial charge in [-0.15, -0.1) is 10.2 Å². The smallest absolute Gasteiger partial charge is 0.237 e. The van der Waals surface area contributed by atoms with Crippen LogP contribution in [-0.4, -0.2) is 38.5 Å². The average Bonchev–Trinajstić information content (AvgIpc) is 3.01. The summed E-state index contributed by atoms with van der Waals surface area (Å²) in [6.07, 6.45) is 0.389. The number of halogens is 1. The third kappa shape index (κ3) is 4.38. The molecule has 2 amide bonds. The van der Waals surface area contributed by atoms with Crippen LogP contribution in [0.5, 0.6) is 0 Å². The monoisotopic (exact) mass is 440 g/mol. The van der Waals surface area contributed by atoms with Crippen LogP contribution >= 0.6 is 11.8 Å². The number of fused-ring (bicyclic) bond motifs is 1. The zero-order chi connectivity index (χ0) is 22.0. The molecule has 0 unspecified atom stereocenters. The van der Waals surface area contributed by atoms with Gasteiger partial charge < -0.3 is 16.1 Å². The van der Waals surface area contributed by atoms with E-state index in [1.54, 1.807) is 41.3 Å². The number of amides is 2. The molecule has 0 radical (unpaired) electrons. The van der Waals surface area contributed by atoms with E-state index in [1.165, 1.54) is 10.7 Å². The van der Waals surface area contributed by atoms with E-state index in [0.29, 0.717) is 27.9 Å². The number of aromatic nitrogens is 3. The van der Waals surface area contributed by atoms with Gasteiger partial charge in [0, 0.05) is 18.9 Å². The van der Waals surface area contributed by atoms with E-state index in [4.69, 9.17) is 5.84 Å². The number of anilines is 2. The highest BCUT2D eigenvalue weighted by atomic mass is 32.2. The molecule has 4 rings (SSSR count).